The number of Topliss-reactive ketones (excluding diaryl/α,β-unsaturated/α-hetero) is 1. The summed E-state index contributed by atoms with van der Waals surface area (Å²) < 4.78 is 44.6. The van der Waals surface area contributed by atoms with Gasteiger partial charge in [-0.05, 0) is 56.9 Å². The number of esters is 1. The van der Waals surface area contributed by atoms with Gasteiger partial charge in [0.2, 0.25) is 0 Å². The Labute approximate surface area is 319 Å². The molecule has 1 aliphatic heterocycles. The third-order valence-electron chi connectivity index (χ3n) is 8.91. The molecule has 1 aliphatic rings. The third-order valence-corrected chi connectivity index (χ3v) is 8.91. The van der Waals surface area contributed by atoms with E-state index in [0.29, 0.717) is 0 Å². The van der Waals surface area contributed by atoms with E-state index in [2.05, 4.69) is 0 Å². The molecule has 0 unspecified atom stereocenters. The van der Waals surface area contributed by atoms with Crippen LogP contribution in [0.4, 0.5) is 0 Å². The molecule has 0 saturated carbocycles. The van der Waals surface area contributed by atoms with Crippen molar-refractivity contribution in [3.63, 3.8) is 0 Å². The van der Waals surface area contributed by atoms with Crippen LogP contribution in [0.25, 0.3) is 0 Å². The van der Waals surface area contributed by atoms with Gasteiger partial charge in [-0.15, -0.1) is 0 Å². The average Bonchev–Trinajstić information content (AvgIpc) is 3.51. The van der Waals surface area contributed by atoms with Crippen molar-refractivity contribution in [2.75, 3.05) is 13.2 Å². The summed E-state index contributed by atoms with van der Waals surface area (Å²) in [4.78, 5) is 28.3. The first-order chi connectivity index (χ1) is 26.0. The minimum Gasteiger partial charge on any atom is -0.457 e. The van der Waals surface area contributed by atoms with Gasteiger partial charge in [0.25, 0.3) is 0 Å². The fourth-order valence-electron chi connectivity index (χ4n) is 6.01. The smallest absolute Gasteiger partial charge is 0.311 e. The molecule has 9 heteroatoms. The number of benzene rings is 4. The molecule has 0 N–H and O–H groups in total. The van der Waals surface area contributed by atoms with Crippen molar-refractivity contribution >= 4 is 11.8 Å². The Kier molecular flexibility index (Phi) is 15.1. The zero-order valence-corrected chi connectivity index (χ0v) is 32.1. The van der Waals surface area contributed by atoms with E-state index >= 15 is 0 Å². The summed E-state index contributed by atoms with van der Waals surface area (Å²) in [6.45, 7) is 9.92. The summed E-state index contributed by atoms with van der Waals surface area (Å²) in [5, 5.41) is 0. The Hall–Kier alpha value is -4.22. The SMILES string of the molecule is CC1(C)OC[C@H](CC(=O)[C@H](OCc2ccccc2)[C@@H](OCc2ccccc2)[C@H](OCc2ccccc2)[C@@H](COCc2ccccc2)OC(=O)C(C)(C)C)O1. The summed E-state index contributed by atoms with van der Waals surface area (Å²) in [7, 11) is 0. The standard InChI is InChI=1S/C45H54O9/c1-44(2,3)43(47)53-39(32-48-27-33-18-10-6-11-19-33)41(50-29-35-22-14-8-15-23-35)42(51-30-36-24-16-9-17-25-36)40(49-28-34-20-12-7-13-21-34)38(46)26-37-31-52-45(4,5)54-37/h6-25,37,39-42H,26-32H2,1-5H3/t37-,39+,40-,41+,42+/m0/s1. The van der Waals surface area contributed by atoms with Crippen molar-refractivity contribution in [1.82, 2.24) is 0 Å². The van der Waals surface area contributed by atoms with Gasteiger partial charge < -0.3 is 33.2 Å². The van der Waals surface area contributed by atoms with Crippen LogP contribution in [-0.2, 0) is 69.2 Å². The van der Waals surface area contributed by atoms with Crippen molar-refractivity contribution in [1.29, 1.82) is 0 Å². The third kappa shape index (κ3) is 13.0. The van der Waals surface area contributed by atoms with Gasteiger partial charge in [-0.3, -0.25) is 9.59 Å². The molecule has 0 radical (unpaired) electrons. The molecule has 4 aromatic rings. The highest BCUT2D eigenvalue weighted by atomic mass is 16.7. The van der Waals surface area contributed by atoms with Gasteiger partial charge in [-0.25, -0.2) is 0 Å². The summed E-state index contributed by atoms with van der Waals surface area (Å²) in [6.07, 6.45) is -4.71. The number of hydrogen-bond donors (Lipinski definition) is 0. The molecule has 9 nitrogen and oxygen atoms in total. The zero-order chi connectivity index (χ0) is 38.4. The van der Waals surface area contributed by atoms with Gasteiger partial charge in [-0.2, -0.15) is 0 Å². The number of hydrogen-bond acceptors (Lipinski definition) is 9. The van der Waals surface area contributed by atoms with Crippen LogP contribution in [0, 0.1) is 5.41 Å². The Bertz CT molecular complexity index is 1690. The van der Waals surface area contributed by atoms with Crippen molar-refractivity contribution in [3.8, 4) is 0 Å². The largest absolute Gasteiger partial charge is 0.457 e. The van der Waals surface area contributed by atoms with Gasteiger partial charge in [-0.1, -0.05) is 121 Å². The van der Waals surface area contributed by atoms with Gasteiger partial charge in [0.1, 0.15) is 18.3 Å². The minimum atomic E-state index is -1.16. The van der Waals surface area contributed by atoms with Crippen LogP contribution in [-0.4, -0.2) is 61.3 Å². The Morgan fingerprint density at radius 2 is 1.11 bits per heavy atom. The van der Waals surface area contributed by atoms with Crippen LogP contribution in [0.3, 0.4) is 0 Å². The highest BCUT2D eigenvalue weighted by molar-refractivity contribution is 5.84. The molecule has 1 heterocycles. The normalized spacial score (nSPS) is 17.7. The Morgan fingerprint density at radius 1 is 0.667 bits per heavy atom. The fourth-order valence-corrected chi connectivity index (χ4v) is 6.01. The molecule has 1 fully saturated rings. The Balaban J connectivity index is 1.55. The molecule has 4 aromatic carbocycles. The first-order valence-electron chi connectivity index (χ1n) is 18.6. The van der Waals surface area contributed by atoms with E-state index in [0.717, 1.165) is 22.3 Å². The van der Waals surface area contributed by atoms with Gasteiger partial charge in [0, 0.05) is 6.42 Å². The van der Waals surface area contributed by atoms with Crippen molar-refractivity contribution in [3.05, 3.63) is 144 Å². The van der Waals surface area contributed by atoms with Gasteiger partial charge in [0.15, 0.2) is 17.7 Å². The van der Waals surface area contributed by atoms with Gasteiger partial charge in [0.05, 0.1) is 51.2 Å². The summed E-state index contributed by atoms with van der Waals surface area (Å²) >= 11 is 0. The molecule has 0 aromatic heterocycles. The lowest BCUT2D eigenvalue weighted by molar-refractivity contribution is -0.206. The van der Waals surface area contributed by atoms with Crippen LogP contribution in [0.5, 0.6) is 0 Å². The lowest BCUT2D eigenvalue weighted by Gasteiger charge is -2.37. The molecule has 0 spiro atoms. The number of ketones is 1. The topological polar surface area (TPSA) is 98.8 Å². The van der Waals surface area contributed by atoms with Crippen molar-refractivity contribution in [2.24, 2.45) is 5.41 Å². The van der Waals surface area contributed by atoms with Crippen molar-refractivity contribution < 1.29 is 42.7 Å². The predicted molar refractivity (Wildman–Crippen MR) is 205 cm³/mol. The van der Waals surface area contributed by atoms with Crippen molar-refractivity contribution in [2.45, 2.75) is 104 Å². The quantitative estimate of drug-likeness (QED) is 0.0835. The molecule has 288 valence electrons. The zero-order valence-electron chi connectivity index (χ0n) is 32.1. The van der Waals surface area contributed by atoms with E-state index in [4.69, 9.17) is 33.2 Å². The highest BCUT2D eigenvalue weighted by Gasteiger charge is 2.45. The molecule has 54 heavy (non-hydrogen) atoms. The molecule has 0 bridgehead atoms. The Morgan fingerprint density at radius 3 is 1.56 bits per heavy atom. The number of rotatable bonds is 20. The second-order valence-corrected chi connectivity index (χ2v) is 15.1. The van der Waals surface area contributed by atoms with E-state index in [1.165, 1.54) is 0 Å². The lowest BCUT2D eigenvalue weighted by atomic mass is 9.95. The highest BCUT2D eigenvalue weighted by Crippen LogP contribution is 2.29. The van der Waals surface area contributed by atoms with E-state index in [1.54, 1.807) is 20.8 Å². The van der Waals surface area contributed by atoms with Gasteiger partial charge >= 0.3 is 5.97 Å². The first kappa shape index (κ1) is 41.0. The van der Waals surface area contributed by atoms with Crippen LogP contribution in [0.1, 0.15) is 63.3 Å². The lowest BCUT2D eigenvalue weighted by Crippen LogP contribution is -2.54. The maximum absolute atomic E-state index is 14.6. The predicted octanol–water partition coefficient (Wildman–Crippen LogP) is 8.03. The fraction of sp³-hybridized carbons (Fsp3) is 0.422. The average molecular weight is 739 g/mol. The molecule has 5 rings (SSSR count). The minimum absolute atomic E-state index is 0.0104. The summed E-state index contributed by atoms with van der Waals surface area (Å²) in [6, 6.07) is 38.8. The number of ether oxygens (including phenoxy) is 7. The van der Waals surface area contributed by atoms with Crippen LogP contribution in [0.2, 0.25) is 0 Å². The van der Waals surface area contributed by atoms with E-state index in [9.17, 15) is 9.59 Å². The maximum atomic E-state index is 14.6. The molecule has 0 aliphatic carbocycles. The second-order valence-electron chi connectivity index (χ2n) is 15.1. The molecule has 5 atom stereocenters. The second kappa shape index (κ2) is 19.9. The maximum Gasteiger partial charge on any atom is 0.311 e. The summed E-state index contributed by atoms with van der Waals surface area (Å²) in [5.74, 6) is -1.52. The van der Waals surface area contributed by atoms with Crippen LogP contribution in [0.15, 0.2) is 121 Å². The van der Waals surface area contributed by atoms with E-state index < -0.39 is 47.7 Å². The van der Waals surface area contributed by atoms with E-state index in [1.807, 2.05) is 135 Å². The molecule has 1 saturated heterocycles. The van der Waals surface area contributed by atoms with Crippen LogP contribution < -0.4 is 0 Å². The molecular weight excluding hydrogens is 684 g/mol. The van der Waals surface area contributed by atoms with E-state index in [-0.39, 0.29) is 51.8 Å². The monoisotopic (exact) mass is 738 g/mol. The molecular formula is C45H54O9. The first-order valence-corrected chi connectivity index (χ1v) is 18.6. The molecule has 0 amide bonds. The summed E-state index contributed by atoms with van der Waals surface area (Å²) in [5.41, 5.74) is 2.77. The van der Waals surface area contributed by atoms with Crippen LogP contribution >= 0.6 is 0 Å². The number of carbonyl (C=O) groups excluding carboxylic acids is 2. The number of carbonyl (C=O) groups is 2.